The van der Waals surface area contributed by atoms with E-state index in [-0.39, 0.29) is 49.5 Å². The van der Waals surface area contributed by atoms with Gasteiger partial charge in [-0.05, 0) is 49.9 Å². The summed E-state index contributed by atoms with van der Waals surface area (Å²) in [4.78, 5) is 35.1. The number of non-ortho nitro benzene ring substituents is 1. The lowest BCUT2D eigenvalue weighted by Gasteiger charge is -2.16. The first-order valence-electron chi connectivity index (χ1n) is 13.7. The molecule has 17 nitrogen and oxygen atoms in total. The molecular weight excluding hydrogens is 644 g/mol. The van der Waals surface area contributed by atoms with E-state index in [1.807, 2.05) is 6.92 Å². The van der Waals surface area contributed by atoms with E-state index in [0.29, 0.717) is 58.7 Å². The summed E-state index contributed by atoms with van der Waals surface area (Å²) in [6.07, 6.45) is 3.36. The number of nitro groups is 1. The number of carbonyl (C=O) groups is 2. The van der Waals surface area contributed by atoms with E-state index in [1.54, 1.807) is 30.5 Å². The van der Waals surface area contributed by atoms with Crippen molar-refractivity contribution >= 4 is 44.1 Å². The minimum absolute atomic E-state index is 0.0334. The van der Waals surface area contributed by atoms with Crippen molar-refractivity contribution < 1.29 is 37.5 Å². The van der Waals surface area contributed by atoms with Gasteiger partial charge in [-0.2, -0.15) is 0 Å². The lowest BCUT2D eigenvalue weighted by Crippen LogP contribution is -2.15. The Morgan fingerprint density at radius 1 is 1.11 bits per heavy atom. The standard InChI is InChI=1S/C27H30N8O9S2/c1-17-10-19(14-36)25(44-15-18-6-8-22(9-7-18)35(39)40)20(11-17)16-43-24(38)13-34-12-21(30-33-34)4-2-3-5-23(37)29-26-31-32-27(45-26)46(28,41)42/h6-12,36H,2-5,13-16H2,1H3,(H2,28,41,42)(H,29,31,37). The number of anilines is 1. The second-order valence-corrected chi connectivity index (χ2v) is 12.7. The highest BCUT2D eigenvalue weighted by atomic mass is 32.2. The highest BCUT2D eigenvalue weighted by molar-refractivity contribution is 7.91. The van der Waals surface area contributed by atoms with E-state index in [0.717, 1.165) is 5.56 Å². The summed E-state index contributed by atoms with van der Waals surface area (Å²) >= 11 is 0.659. The van der Waals surface area contributed by atoms with Crippen molar-refractivity contribution in [3.63, 3.8) is 0 Å². The van der Waals surface area contributed by atoms with Crippen LogP contribution in [-0.4, -0.2) is 55.5 Å². The molecule has 0 radical (unpaired) electrons. The van der Waals surface area contributed by atoms with E-state index in [1.165, 1.54) is 16.8 Å². The summed E-state index contributed by atoms with van der Waals surface area (Å²) in [7, 11) is -3.99. The Morgan fingerprint density at radius 2 is 1.85 bits per heavy atom. The van der Waals surface area contributed by atoms with Crippen LogP contribution in [-0.2, 0) is 57.1 Å². The highest BCUT2D eigenvalue weighted by Crippen LogP contribution is 2.28. The number of nitrogens with one attached hydrogen (secondary N) is 1. The highest BCUT2D eigenvalue weighted by Gasteiger charge is 2.17. The van der Waals surface area contributed by atoms with E-state index in [2.05, 4.69) is 25.8 Å². The van der Waals surface area contributed by atoms with Gasteiger partial charge in [0.05, 0.1) is 17.2 Å². The summed E-state index contributed by atoms with van der Waals surface area (Å²) in [5.74, 6) is -0.584. The van der Waals surface area contributed by atoms with Crippen LogP contribution in [0.5, 0.6) is 5.75 Å². The van der Waals surface area contributed by atoms with E-state index in [4.69, 9.17) is 14.6 Å². The number of amides is 1. The van der Waals surface area contributed by atoms with E-state index >= 15 is 0 Å². The fourth-order valence-corrected chi connectivity index (χ4v) is 5.57. The van der Waals surface area contributed by atoms with Gasteiger partial charge in [-0.25, -0.2) is 18.2 Å². The lowest BCUT2D eigenvalue weighted by atomic mass is 10.1. The summed E-state index contributed by atoms with van der Waals surface area (Å²) in [6, 6.07) is 9.43. The van der Waals surface area contributed by atoms with Crippen molar-refractivity contribution in [1.29, 1.82) is 0 Å². The Kier molecular flexibility index (Phi) is 11.4. The molecule has 4 N–H and O–H groups in total. The molecule has 0 saturated heterocycles. The molecule has 1 amide bonds. The maximum absolute atomic E-state index is 12.6. The van der Waals surface area contributed by atoms with Crippen LogP contribution in [0.3, 0.4) is 0 Å². The number of primary sulfonamides is 1. The maximum atomic E-state index is 12.6. The van der Waals surface area contributed by atoms with Crippen molar-refractivity contribution in [2.45, 2.75) is 63.3 Å². The van der Waals surface area contributed by atoms with Crippen LogP contribution < -0.4 is 15.2 Å². The van der Waals surface area contributed by atoms with Crippen LogP contribution in [0.2, 0.25) is 0 Å². The number of nitrogens with two attached hydrogens (primary N) is 1. The summed E-state index contributed by atoms with van der Waals surface area (Å²) in [5, 5.41) is 43.3. The molecule has 4 aromatic rings. The van der Waals surface area contributed by atoms with Gasteiger partial charge in [0.15, 0.2) is 0 Å². The number of aliphatic hydroxyl groups excluding tert-OH is 1. The number of nitro benzene ring substituents is 1. The number of esters is 1. The zero-order valence-electron chi connectivity index (χ0n) is 24.5. The molecule has 0 spiro atoms. The van der Waals surface area contributed by atoms with Crippen molar-refractivity contribution in [2.24, 2.45) is 5.14 Å². The molecular formula is C27H30N8O9S2. The van der Waals surface area contributed by atoms with Crippen molar-refractivity contribution in [3.05, 3.63) is 80.7 Å². The number of aliphatic hydroxyl groups is 1. The van der Waals surface area contributed by atoms with Gasteiger partial charge in [0.2, 0.25) is 15.4 Å². The molecule has 0 aliphatic rings. The minimum atomic E-state index is -3.99. The van der Waals surface area contributed by atoms with Gasteiger partial charge in [-0.1, -0.05) is 28.2 Å². The molecule has 2 heterocycles. The molecule has 46 heavy (non-hydrogen) atoms. The second-order valence-electron chi connectivity index (χ2n) is 10.0. The Labute approximate surface area is 266 Å². The van der Waals surface area contributed by atoms with Crippen molar-refractivity contribution in [1.82, 2.24) is 25.2 Å². The smallest absolute Gasteiger partial charge is 0.328 e. The lowest BCUT2D eigenvalue weighted by molar-refractivity contribution is -0.384. The third kappa shape index (κ3) is 9.83. The first-order valence-corrected chi connectivity index (χ1v) is 16.1. The monoisotopic (exact) mass is 674 g/mol. The molecule has 0 aliphatic heterocycles. The number of benzene rings is 2. The average molecular weight is 675 g/mol. The van der Waals surface area contributed by atoms with Gasteiger partial charge in [-0.15, -0.1) is 15.3 Å². The molecule has 0 aliphatic carbocycles. The van der Waals surface area contributed by atoms with E-state index < -0.39 is 25.3 Å². The van der Waals surface area contributed by atoms with Crippen LogP contribution >= 0.6 is 11.3 Å². The average Bonchev–Trinajstić information content (AvgIpc) is 3.67. The van der Waals surface area contributed by atoms with Crippen LogP contribution in [0.15, 0.2) is 46.9 Å². The van der Waals surface area contributed by atoms with Crippen molar-refractivity contribution in [3.8, 4) is 5.75 Å². The van der Waals surface area contributed by atoms with E-state index in [9.17, 15) is 33.2 Å². The van der Waals surface area contributed by atoms with Crippen LogP contribution in [0.4, 0.5) is 10.8 Å². The normalized spacial score (nSPS) is 11.3. The van der Waals surface area contributed by atoms with Gasteiger partial charge in [-0.3, -0.25) is 19.7 Å². The molecule has 0 unspecified atom stereocenters. The van der Waals surface area contributed by atoms with Crippen LogP contribution in [0, 0.1) is 17.0 Å². The summed E-state index contributed by atoms with van der Waals surface area (Å²) in [6.45, 7) is 1.27. The van der Waals surface area contributed by atoms with Gasteiger partial charge in [0.1, 0.15) is 25.5 Å². The predicted octanol–water partition coefficient (Wildman–Crippen LogP) is 2.16. The number of unbranched alkanes of at least 4 members (excludes halogenated alkanes) is 1. The van der Waals surface area contributed by atoms with Crippen LogP contribution in [0.1, 0.15) is 47.2 Å². The molecule has 0 bridgehead atoms. The number of ether oxygens (including phenoxy) is 2. The molecule has 244 valence electrons. The largest absolute Gasteiger partial charge is 0.488 e. The third-order valence-corrected chi connectivity index (χ3v) is 8.49. The number of rotatable bonds is 16. The number of hydrogen-bond donors (Lipinski definition) is 3. The Morgan fingerprint density at radius 3 is 2.52 bits per heavy atom. The van der Waals surface area contributed by atoms with Crippen LogP contribution in [0.25, 0.3) is 0 Å². The third-order valence-electron chi connectivity index (χ3n) is 6.34. The zero-order chi connectivity index (χ0) is 33.3. The van der Waals surface area contributed by atoms with Gasteiger partial charge >= 0.3 is 5.97 Å². The Balaban J connectivity index is 1.24. The van der Waals surface area contributed by atoms with Gasteiger partial charge in [0, 0.05) is 35.9 Å². The number of nitrogens with zero attached hydrogens (tertiary/aromatic N) is 6. The predicted molar refractivity (Wildman–Crippen MR) is 162 cm³/mol. The SMILES string of the molecule is Cc1cc(CO)c(OCc2ccc([N+](=O)[O-])cc2)c(COC(=O)Cn2cc(CCCCC(=O)Nc3nnc(S(N)(=O)=O)s3)nn2)c1. The van der Waals surface area contributed by atoms with Gasteiger partial charge in [0.25, 0.3) is 15.7 Å². The number of sulfonamides is 1. The molecule has 2 aromatic carbocycles. The molecule has 0 saturated carbocycles. The number of aryl methyl sites for hydroxylation is 2. The van der Waals surface area contributed by atoms with Crippen molar-refractivity contribution in [2.75, 3.05) is 5.32 Å². The topological polar surface area (TPSA) is 245 Å². The number of aromatic nitrogens is 5. The Hall–Kier alpha value is -4.85. The molecule has 0 fully saturated rings. The maximum Gasteiger partial charge on any atom is 0.328 e. The van der Waals surface area contributed by atoms with Gasteiger partial charge < -0.3 is 19.9 Å². The number of hydrogen-bond acceptors (Lipinski definition) is 14. The number of carbonyl (C=O) groups excluding carboxylic acids is 2. The summed E-state index contributed by atoms with van der Waals surface area (Å²) in [5.41, 5.74) is 3.12. The fourth-order valence-electron chi connectivity index (χ4n) is 4.22. The quantitative estimate of drug-likeness (QED) is 0.0508. The molecule has 0 atom stereocenters. The molecule has 19 heteroatoms. The fraction of sp³-hybridized carbons (Fsp3) is 0.333. The zero-order valence-corrected chi connectivity index (χ0v) is 26.1. The molecule has 4 rings (SSSR count). The first kappa shape index (κ1) is 34.0. The summed E-state index contributed by atoms with van der Waals surface area (Å²) < 4.78 is 34.9. The second kappa shape index (κ2) is 15.4. The minimum Gasteiger partial charge on any atom is -0.488 e. The first-order chi connectivity index (χ1) is 21.9. The Bertz CT molecular complexity index is 1810. The molecule has 2 aromatic heterocycles.